The summed E-state index contributed by atoms with van der Waals surface area (Å²) in [6.07, 6.45) is 1.49. The van der Waals surface area contributed by atoms with Crippen LogP contribution < -0.4 is 14.4 Å². The van der Waals surface area contributed by atoms with Gasteiger partial charge in [-0.15, -0.1) is 11.8 Å². The van der Waals surface area contributed by atoms with Crippen LogP contribution in [0.5, 0.6) is 11.5 Å². The van der Waals surface area contributed by atoms with E-state index in [1.807, 2.05) is 0 Å². The van der Waals surface area contributed by atoms with Crippen LogP contribution in [-0.2, 0) is 14.8 Å². The zero-order valence-electron chi connectivity index (χ0n) is 16.4. The number of amides is 1. The van der Waals surface area contributed by atoms with Gasteiger partial charge in [0.1, 0.15) is 22.7 Å². The predicted molar refractivity (Wildman–Crippen MR) is 119 cm³/mol. The van der Waals surface area contributed by atoms with E-state index in [1.165, 1.54) is 43.3 Å². The third kappa shape index (κ3) is 4.30. The lowest BCUT2D eigenvalue weighted by Crippen LogP contribution is -2.27. The van der Waals surface area contributed by atoms with Crippen molar-refractivity contribution >= 4 is 39.2 Å². The third-order valence-corrected chi connectivity index (χ3v) is 7.27. The third-order valence-electron chi connectivity index (χ3n) is 4.70. The number of methoxy groups -OCH3 is 1. The number of hydrogen-bond acceptors (Lipinski definition) is 7. The number of thioether (sulfide) groups is 1. The van der Waals surface area contributed by atoms with Crippen LogP contribution in [0, 0.1) is 0 Å². The second kappa shape index (κ2) is 8.48. The van der Waals surface area contributed by atoms with Crippen molar-refractivity contribution in [2.45, 2.75) is 10.3 Å². The molecule has 0 radical (unpaired) electrons. The Morgan fingerprint density at radius 2 is 1.94 bits per heavy atom. The highest BCUT2D eigenvalue weighted by Crippen LogP contribution is 2.45. The number of nitrogens with zero attached hydrogens (tertiary/aromatic N) is 2. The van der Waals surface area contributed by atoms with E-state index >= 15 is 0 Å². The van der Waals surface area contributed by atoms with Crippen LogP contribution in [0.1, 0.15) is 10.9 Å². The van der Waals surface area contributed by atoms with Crippen LogP contribution in [0.2, 0.25) is 0 Å². The average molecular weight is 458 g/mol. The van der Waals surface area contributed by atoms with Gasteiger partial charge in [0.2, 0.25) is 5.91 Å². The fourth-order valence-electron chi connectivity index (χ4n) is 3.20. The summed E-state index contributed by atoms with van der Waals surface area (Å²) >= 11 is 1.38. The second-order valence-corrected chi connectivity index (χ2v) is 9.42. The topological polar surface area (TPSA) is 109 Å². The molecule has 1 aromatic heterocycles. The fourth-order valence-corrected chi connectivity index (χ4v) is 5.41. The van der Waals surface area contributed by atoms with Gasteiger partial charge in [-0.25, -0.2) is 13.4 Å². The van der Waals surface area contributed by atoms with E-state index in [4.69, 9.17) is 4.74 Å². The highest BCUT2D eigenvalue weighted by Gasteiger charge is 2.35. The maximum atomic E-state index is 12.6. The molecule has 2 N–H and O–H groups in total. The van der Waals surface area contributed by atoms with Crippen molar-refractivity contribution in [1.82, 2.24) is 4.98 Å². The molecule has 1 unspecified atom stereocenters. The van der Waals surface area contributed by atoms with Crippen LogP contribution >= 0.6 is 11.8 Å². The first-order valence-corrected chi connectivity index (χ1v) is 11.8. The van der Waals surface area contributed by atoms with E-state index in [9.17, 15) is 18.3 Å². The number of anilines is 2. The summed E-state index contributed by atoms with van der Waals surface area (Å²) in [6, 6.07) is 15.9. The summed E-state index contributed by atoms with van der Waals surface area (Å²) in [6.45, 7) is 0. The van der Waals surface area contributed by atoms with Crippen LogP contribution in [0.15, 0.2) is 71.8 Å². The van der Waals surface area contributed by atoms with Gasteiger partial charge in [0.25, 0.3) is 10.0 Å². The van der Waals surface area contributed by atoms with E-state index in [2.05, 4.69) is 9.71 Å². The van der Waals surface area contributed by atoms with Gasteiger partial charge in [0, 0.05) is 23.5 Å². The van der Waals surface area contributed by atoms with Crippen molar-refractivity contribution in [2.75, 3.05) is 22.5 Å². The molecule has 4 rings (SSSR count). The Kier molecular flexibility index (Phi) is 5.75. The normalized spacial score (nSPS) is 16.4. The first-order valence-electron chi connectivity index (χ1n) is 9.23. The number of benzene rings is 2. The van der Waals surface area contributed by atoms with Gasteiger partial charge in [-0.3, -0.25) is 14.4 Å². The van der Waals surface area contributed by atoms with E-state index in [-0.39, 0.29) is 28.1 Å². The van der Waals surface area contributed by atoms with Crippen molar-refractivity contribution in [2.24, 2.45) is 0 Å². The minimum absolute atomic E-state index is 0.0234. The van der Waals surface area contributed by atoms with E-state index in [0.717, 1.165) is 0 Å². The quantitative estimate of drug-likeness (QED) is 0.584. The van der Waals surface area contributed by atoms with Crippen molar-refractivity contribution in [1.29, 1.82) is 0 Å². The number of aromatic nitrogens is 1. The molecule has 2 heterocycles. The standard InChI is InChI=1S/C21H19N3O5S2/c1-29-15-7-10-17(18(25)12-15)21-24(20(26)13-30-21)14-5-8-16(9-6-14)31(27,28)23-19-4-2-3-11-22-19/h2-12,21,25H,13H2,1H3,(H,22,23). The van der Waals surface area contributed by atoms with Crippen molar-refractivity contribution < 1.29 is 23.1 Å². The zero-order valence-corrected chi connectivity index (χ0v) is 18.1. The molecule has 31 heavy (non-hydrogen) atoms. The first kappa shape index (κ1) is 21.0. The molecule has 1 saturated heterocycles. The van der Waals surface area contributed by atoms with Crippen molar-refractivity contribution in [3.63, 3.8) is 0 Å². The van der Waals surface area contributed by atoms with Gasteiger partial charge in [-0.2, -0.15) is 0 Å². The maximum Gasteiger partial charge on any atom is 0.263 e. The minimum Gasteiger partial charge on any atom is -0.507 e. The highest BCUT2D eigenvalue weighted by atomic mass is 32.2. The highest BCUT2D eigenvalue weighted by molar-refractivity contribution is 8.00. The fraction of sp³-hybridized carbons (Fsp3) is 0.143. The van der Waals surface area contributed by atoms with Gasteiger partial charge >= 0.3 is 0 Å². The van der Waals surface area contributed by atoms with Crippen molar-refractivity contribution in [3.8, 4) is 11.5 Å². The Balaban J connectivity index is 1.60. The van der Waals surface area contributed by atoms with E-state index in [1.54, 1.807) is 47.4 Å². The summed E-state index contributed by atoms with van der Waals surface area (Å²) in [5, 5.41) is 9.96. The number of aromatic hydroxyl groups is 1. The lowest BCUT2D eigenvalue weighted by Gasteiger charge is -2.25. The number of carbonyl (C=O) groups excluding carboxylic acids is 1. The first-order chi connectivity index (χ1) is 14.9. The van der Waals surface area contributed by atoms with Crippen LogP contribution in [0.4, 0.5) is 11.5 Å². The second-order valence-electron chi connectivity index (χ2n) is 6.67. The lowest BCUT2D eigenvalue weighted by atomic mass is 10.1. The molecule has 1 aliphatic rings. The molecule has 160 valence electrons. The monoisotopic (exact) mass is 457 g/mol. The molecule has 1 fully saturated rings. The number of sulfonamides is 1. The summed E-state index contributed by atoms with van der Waals surface area (Å²) < 4.78 is 32.8. The smallest absolute Gasteiger partial charge is 0.263 e. The summed E-state index contributed by atoms with van der Waals surface area (Å²) in [4.78, 5) is 18.1. The number of phenols is 1. The SMILES string of the molecule is COc1ccc(C2SCC(=O)N2c2ccc(S(=O)(=O)Nc3ccccn3)cc2)c(O)c1. The summed E-state index contributed by atoms with van der Waals surface area (Å²) in [7, 11) is -2.32. The number of phenolic OH excluding ortho intramolecular Hbond substituents is 1. The molecule has 8 nitrogen and oxygen atoms in total. The number of pyridine rings is 1. The molecule has 1 atom stereocenters. The van der Waals surface area contributed by atoms with Crippen LogP contribution in [-0.4, -0.2) is 37.3 Å². The lowest BCUT2D eigenvalue weighted by molar-refractivity contribution is -0.115. The Hall–Kier alpha value is -3.24. The number of nitrogens with one attached hydrogen (secondary N) is 1. The molecule has 1 aliphatic heterocycles. The summed E-state index contributed by atoms with van der Waals surface area (Å²) in [5.74, 6) is 0.866. The number of carbonyl (C=O) groups is 1. The molecule has 3 aromatic rings. The van der Waals surface area contributed by atoms with Gasteiger partial charge in [0.15, 0.2) is 0 Å². The zero-order chi connectivity index (χ0) is 22.0. The van der Waals surface area contributed by atoms with Crippen LogP contribution in [0.3, 0.4) is 0 Å². The van der Waals surface area contributed by atoms with Gasteiger partial charge < -0.3 is 9.84 Å². The average Bonchev–Trinajstić information content (AvgIpc) is 3.15. The Labute approximate surface area is 183 Å². The Morgan fingerprint density at radius 3 is 2.58 bits per heavy atom. The van der Waals surface area contributed by atoms with Crippen molar-refractivity contribution in [3.05, 3.63) is 72.4 Å². The number of hydrogen-bond donors (Lipinski definition) is 2. The number of rotatable bonds is 6. The Bertz CT molecular complexity index is 1200. The molecule has 0 bridgehead atoms. The van der Waals surface area contributed by atoms with E-state index < -0.39 is 15.4 Å². The number of ether oxygens (including phenoxy) is 1. The van der Waals surface area contributed by atoms with E-state index in [0.29, 0.717) is 17.0 Å². The van der Waals surface area contributed by atoms with Gasteiger partial charge in [-0.05, 0) is 48.5 Å². The largest absolute Gasteiger partial charge is 0.507 e. The molecule has 0 aliphatic carbocycles. The Morgan fingerprint density at radius 1 is 1.16 bits per heavy atom. The molecule has 2 aromatic carbocycles. The van der Waals surface area contributed by atoms with Gasteiger partial charge in [0.05, 0.1) is 17.8 Å². The molecule has 0 spiro atoms. The molecule has 10 heteroatoms. The molecular formula is C21H19N3O5S2. The minimum atomic E-state index is -3.82. The molecular weight excluding hydrogens is 438 g/mol. The molecule has 0 saturated carbocycles. The molecule has 1 amide bonds. The summed E-state index contributed by atoms with van der Waals surface area (Å²) in [5.41, 5.74) is 1.11. The maximum absolute atomic E-state index is 12.6. The van der Waals surface area contributed by atoms with Crippen LogP contribution in [0.25, 0.3) is 0 Å². The van der Waals surface area contributed by atoms with Gasteiger partial charge in [-0.1, -0.05) is 6.07 Å². The predicted octanol–water partition coefficient (Wildman–Crippen LogP) is 3.38.